The van der Waals surface area contributed by atoms with E-state index in [9.17, 15) is 4.79 Å². The first kappa shape index (κ1) is 14.3. The molecule has 0 radical (unpaired) electrons. The van der Waals surface area contributed by atoms with Gasteiger partial charge in [0, 0.05) is 13.1 Å². The Morgan fingerprint density at radius 3 is 2.82 bits per heavy atom. The molecule has 0 unspecified atom stereocenters. The molecule has 6 heteroatoms. The van der Waals surface area contributed by atoms with Crippen molar-refractivity contribution in [2.45, 2.75) is 18.9 Å². The lowest BCUT2D eigenvalue weighted by atomic mass is 10.1. The van der Waals surface area contributed by atoms with Crippen molar-refractivity contribution in [1.82, 2.24) is 4.90 Å². The molecule has 1 heterocycles. The van der Waals surface area contributed by atoms with Crippen LogP contribution < -0.4 is 0 Å². The zero-order chi connectivity index (χ0) is 12.5. The lowest BCUT2D eigenvalue weighted by Gasteiger charge is -2.31. The number of ether oxygens (including phenoxy) is 1. The maximum Gasteiger partial charge on any atom is 0.232 e. The predicted molar refractivity (Wildman–Crippen MR) is 65.6 cm³/mol. The molecule has 0 bridgehead atoms. The topological polar surface area (TPSA) is 73.6 Å². The van der Waals surface area contributed by atoms with Gasteiger partial charge in [-0.3, -0.25) is 4.79 Å². The van der Waals surface area contributed by atoms with E-state index in [-0.39, 0.29) is 18.6 Å². The van der Waals surface area contributed by atoms with E-state index < -0.39 is 0 Å². The van der Waals surface area contributed by atoms with E-state index in [1.165, 1.54) is 11.8 Å². The van der Waals surface area contributed by atoms with Crippen molar-refractivity contribution in [1.29, 1.82) is 5.26 Å². The number of amides is 1. The number of nitriles is 1. The largest absolute Gasteiger partial charge is 0.394 e. The van der Waals surface area contributed by atoms with Crippen LogP contribution in [-0.4, -0.2) is 59.8 Å². The van der Waals surface area contributed by atoms with Gasteiger partial charge < -0.3 is 14.7 Å². The summed E-state index contributed by atoms with van der Waals surface area (Å²) in [7, 11) is 0. The van der Waals surface area contributed by atoms with E-state index in [2.05, 4.69) is 0 Å². The fourth-order valence-corrected chi connectivity index (χ4v) is 2.32. The molecule has 17 heavy (non-hydrogen) atoms. The smallest absolute Gasteiger partial charge is 0.232 e. The quantitative estimate of drug-likeness (QED) is 0.691. The molecule has 0 aromatic rings. The highest BCUT2D eigenvalue weighted by Gasteiger charge is 2.22. The minimum Gasteiger partial charge on any atom is -0.394 e. The predicted octanol–water partition coefficient (Wildman–Crippen LogP) is 0.243. The molecular formula is C11H18N2O3S. The summed E-state index contributed by atoms with van der Waals surface area (Å²) in [6, 6.07) is 2.00. The van der Waals surface area contributed by atoms with Crippen LogP contribution in [0.1, 0.15) is 12.8 Å². The summed E-state index contributed by atoms with van der Waals surface area (Å²) in [6.45, 7) is 1.84. The number of thioether (sulfide) groups is 1. The van der Waals surface area contributed by atoms with E-state index in [1.54, 1.807) is 0 Å². The van der Waals surface area contributed by atoms with Crippen LogP contribution in [0.2, 0.25) is 0 Å². The number of hydrogen-bond acceptors (Lipinski definition) is 5. The van der Waals surface area contributed by atoms with Gasteiger partial charge in [0.05, 0.1) is 36.9 Å². The molecular weight excluding hydrogens is 240 g/mol. The Morgan fingerprint density at radius 2 is 2.24 bits per heavy atom. The standard InChI is InChI=1S/C11H18N2O3S/c12-3-8-17-9-11(15)13-4-1-10(2-5-13)16-7-6-14/h10,14H,1-2,4-9H2. The van der Waals surface area contributed by atoms with Gasteiger partial charge in [0.1, 0.15) is 0 Å². The van der Waals surface area contributed by atoms with Crippen LogP contribution in [-0.2, 0) is 9.53 Å². The minimum absolute atomic E-state index is 0.0456. The van der Waals surface area contributed by atoms with E-state index in [1.807, 2.05) is 11.0 Å². The van der Waals surface area contributed by atoms with E-state index in [4.69, 9.17) is 15.1 Å². The van der Waals surface area contributed by atoms with Gasteiger partial charge in [-0.05, 0) is 12.8 Å². The van der Waals surface area contributed by atoms with E-state index >= 15 is 0 Å². The molecule has 1 saturated heterocycles. The van der Waals surface area contributed by atoms with Crippen molar-refractivity contribution < 1.29 is 14.6 Å². The third-order valence-corrected chi connectivity index (χ3v) is 3.42. The number of piperidine rings is 1. The monoisotopic (exact) mass is 258 g/mol. The Hall–Kier alpha value is -0.770. The van der Waals surface area contributed by atoms with Gasteiger partial charge in [-0.25, -0.2) is 0 Å². The molecule has 0 spiro atoms. The van der Waals surface area contributed by atoms with Crippen molar-refractivity contribution >= 4 is 17.7 Å². The molecule has 1 aliphatic rings. The maximum absolute atomic E-state index is 11.7. The molecule has 0 aromatic carbocycles. The van der Waals surface area contributed by atoms with Crippen molar-refractivity contribution in [3.05, 3.63) is 0 Å². The molecule has 0 atom stereocenters. The summed E-state index contributed by atoms with van der Waals surface area (Å²) >= 11 is 1.35. The van der Waals surface area contributed by atoms with Gasteiger partial charge >= 0.3 is 0 Å². The fraction of sp³-hybridized carbons (Fsp3) is 0.818. The molecule has 0 aliphatic carbocycles. The van der Waals surface area contributed by atoms with Gasteiger partial charge in [-0.1, -0.05) is 0 Å². The van der Waals surface area contributed by atoms with Crippen LogP contribution in [0.3, 0.4) is 0 Å². The first-order valence-corrected chi connectivity index (χ1v) is 6.88. The Morgan fingerprint density at radius 1 is 1.53 bits per heavy atom. The number of carbonyl (C=O) groups is 1. The zero-order valence-electron chi connectivity index (χ0n) is 9.80. The van der Waals surface area contributed by atoms with E-state index in [0.717, 1.165) is 12.8 Å². The van der Waals surface area contributed by atoms with Crippen LogP contribution in [0, 0.1) is 11.3 Å². The first-order valence-electron chi connectivity index (χ1n) is 5.73. The van der Waals surface area contributed by atoms with E-state index in [0.29, 0.717) is 31.2 Å². The summed E-state index contributed by atoms with van der Waals surface area (Å²) in [5.41, 5.74) is 0. The highest BCUT2D eigenvalue weighted by Crippen LogP contribution is 2.14. The third kappa shape index (κ3) is 5.39. The number of aliphatic hydroxyl groups excluding tert-OH is 1. The first-order chi connectivity index (χ1) is 8.27. The average Bonchev–Trinajstić information content (AvgIpc) is 2.37. The Labute approximate surface area is 106 Å². The Kier molecular flexibility index (Phi) is 7.01. The number of likely N-dealkylation sites (tertiary alicyclic amines) is 1. The second-order valence-electron chi connectivity index (χ2n) is 3.83. The highest BCUT2D eigenvalue weighted by atomic mass is 32.2. The van der Waals surface area contributed by atoms with Crippen LogP contribution in [0.5, 0.6) is 0 Å². The number of hydrogen-bond donors (Lipinski definition) is 1. The summed E-state index contributed by atoms with van der Waals surface area (Å²) < 4.78 is 5.42. The molecule has 1 rings (SSSR count). The number of aliphatic hydroxyl groups is 1. The van der Waals surface area contributed by atoms with Crippen molar-refractivity contribution in [2.75, 3.05) is 37.8 Å². The summed E-state index contributed by atoms with van der Waals surface area (Å²) in [5, 5.41) is 17.0. The summed E-state index contributed by atoms with van der Waals surface area (Å²) in [6.07, 6.45) is 1.82. The van der Waals surface area contributed by atoms with Gasteiger partial charge in [-0.15, -0.1) is 11.8 Å². The van der Waals surface area contributed by atoms with Crippen molar-refractivity contribution in [3.8, 4) is 6.07 Å². The van der Waals surface area contributed by atoms with Crippen LogP contribution in [0.4, 0.5) is 0 Å². The van der Waals surface area contributed by atoms with Crippen LogP contribution in [0.25, 0.3) is 0 Å². The zero-order valence-corrected chi connectivity index (χ0v) is 10.6. The number of nitrogens with zero attached hydrogens (tertiary/aromatic N) is 2. The molecule has 1 aliphatic heterocycles. The third-order valence-electron chi connectivity index (χ3n) is 2.63. The lowest BCUT2D eigenvalue weighted by Crippen LogP contribution is -2.41. The molecule has 1 fully saturated rings. The Balaban J connectivity index is 2.17. The summed E-state index contributed by atoms with van der Waals surface area (Å²) in [4.78, 5) is 13.5. The Bertz CT molecular complexity index is 272. The summed E-state index contributed by atoms with van der Waals surface area (Å²) in [5.74, 6) is 0.850. The average molecular weight is 258 g/mol. The van der Waals surface area contributed by atoms with Gasteiger partial charge in [0.15, 0.2) is 0 Å². The molecule has 0 saturated carbocycles. The van der Waals surface area contributed by atoms with Crippen LogP contribution in [0.15, 0.2) is 0 Å². The van der Waals surface area contributed by atoms with Gasteiger partial charge in [0.25, 0.3) is 0 Å². The van der Waals surface area contributed by atoms with Crippen molar-refractivity contribution in [2.24, 2.45) is 0 Å². The molecule has 1 N–H and O–H groups in total. The molecule has 5 nitrogen and oxygen atoms in total. The second-order valence-corrected chi connectivity index (χ2v) is 4.81. The van der Waals surface area contributed by atoms with Crippen LogP contribution >= 0.6 is 11.8 Å². The SMILES string of the molecule is N#CCSCC(=O)N1CCC(OCCO)CC1. The number of carbonyl (C=O) groups excluding carboxylic acids is 1. The molecule has 1 amide bonds. The lowest BCUT2D eigenvalue weighted by molar-refractivity contribution is -0.131. The number of rotatable bonds is 6. The molecule has 0 aromatic heterocycles. The van der Waals surface area contributed by atoms with Gasteiger partial charge in [-0.2, -0.15) is 5.26 Å². The highest BCUT2D eigenvalue weighted by molar-refractivity contribution is 8.00. The minimum atomic E-state index is 0.0456. The second kappa shape index (κ2) is 8.34. The normalized spacial score (nSPS) is 16.8. The fourth-order valence-electron chi connectivity index (χ4n) is 1.77. The molecule has 96 valence electrons. The van der Waals surface area contributed by atoms with Gasteiger partial charge in [0.2, 0.25) is 5.91 Å². The maximum atomic E-state index is 11.7. The van der Waals surface area contributed by atoms with Crippen molar-refractivity contribution in [3.63, 3.8) is 0 Å².